The van der Waals surface area contributed by atoms with Gasteiger partial charge in [0.1, 0.15) is 17.6 Å². The van der Waals surface area contributed by atoms with Gasteiger partial charge < -0.3 is 20.5 Å². The van der Waals surface area contributed by atoms with Gasteiger partial charge in [-0.3, -0.25) is 0 Å². The molecule has 1 unspecified atom stereocenters. The Kier molecular flexibility index (Phi) is 6.07. The van der Waals surface area contributed by atoms with Crippen molar-refractivity contribution in [3.05, 3.63) is 6.20 Å². The van der Waals surface area contributed by atoms with Gasteiger partial charge >= 0.3 is 6.09 Å². The van der Waals surface area contributed by atoms with Crippen molar-refractivity contribution in [3.63, 3.8) is 0 Å². The van der Waals surface area contributed by atoms with Crippen molar-refractivity contribution in [2.75, 3.05) is 18.1 Å². The molecule has 0 radical (unpaired) electrons. The Bertz CT molecular complexity index is 741. The van der Waals surface area contributed by atoms with E-state index in [1.54, 1.807) is 17.8 Å². The molecule has 1 amide bonds. The number of amides is 1. The van der Waals surface area contributed by atoms with Gasteiger partial charge in [0.05, 0.1) is 18.1 Å². The number of alkyl carbamates (subject to hydrolysis) is 1. The number of nitrogens with one attached hydrogen (secondary N) is 2. The molecule has 0 fully saturated rings. The van der Waals surface area contributed by atoms with Crippen LogP contribution in [0.25, 0.3) is 11.0 Å². The third kappa shape index (κ3) is 5.46. The third-order valence-electron chi connectivity index (χ3n) is 3.00. The van der Waals surface area contributed by atoms with Crippen LogP contribution in [-0.4, -0.2) is 55.6 Å². The minimum absolute atomic E-state index is 0.351. The molecule has 0 saturated carbocycles. The smallest absolute Gasteiger partial charge is 0.407 e. The summed E-state index contributed by atoms with van der Waals surface area (Å²) in [5.41, 5.74) is 0.0957. The lowest BCUT2D eigenvalue weighted by Gasteiger charge is -2.19. The average Bonchev–Trinajstić information content (AvgIpc) is 2.88. The molecule has 2 rings (SSSR count). The Labute approximate surface area is 150 Å². The van der Waals surface area contributed by atoms with Gasteiger partial charge in [-0.15, -0.1) is 0 Å². The van der Waals surface area contributed by atoms with Crippen molar-refractivity contribution < 1.29 is 14.6 Å². The number of hydrogen-bond acceptors (Lipinski definition) is 8. The molecule has 0 aliphatic carbocycles. The highest BCUT2D eigenvalue weighted by molar-refractivity contribution is 7.98. The Balaban J connectivity index is 2.12. The number of fused-ring (bicyclic) bond motifs is 1. The highest BCUT2D eigenvalue weighted by atomic mass is 32.2. The molecule has 25 heavy (non-hydrogen) atoms. The second kappa shape index (κ2) is 7.87. The molecule has 0 aromatic carbocycles. The van der Waals surface area contributed by atoms with Gasteiger partial charge in [0.15, 0.2) is 10.8 Å². The highest BCUT2D eigenvalue weighted by Crippen LogP contribution is 2.23. The molecular formula is C15H24N6O3S. The number of hydrogen-bond donors (Lipinski definition) is 3. The van der Waals surface area contributed by atoms with Crippen LogP contribution in [0.2, 0.25) is 0 Å². The molecule has 0 spiro atoms. The first-order chi connectivity index (χ1) is 11.7. The zero-order valence-electron chi connectivity index (χ0n) is 15.0. The van der Waals surface area contributed by atoms with E-state index < -0.39 is 17.9 Å². The number of aliphatic hydroxyl groups excluding tert-OH is 1. The Hall–Kier alpha value is -2.07. The van der Waals surface area contributed by atoms with Crippen molar-refractivity contribution in [1.29, 1.82) is 0 Å². The predicted octanol–water partition coefficient (Wildman–Crippen LogP) is 1.82. The maximum absolute atomic E-state index is 11.7. The molecule has 2 aromatic rings. The van der Waals surface area contributed by atoms with E-state index in [-0.39, 0.29) is 0 Å². The molecule has 2 aromatic heterocycles. The van der Waals surface area contributed by atoms with E-state index in [0.717, 1.165) is 0 Å². The van der Waals surface area contributed by atoms with Crippen molar-refractivity contribution in [2.24, 2.45) is 0 Å². The van der Waals surface area contributed by atoms with Crippen molar-refractivity contribution in [2.45, 2.75) is 51.2 Å². The van der Waals surface area contributed by atoms with Crippen LogP contribution in [0.15, 0.2) is 11.4 Å². The fourth-order valence-corrected chi connectivity index (χ4v) is 2.44. The van der Waals surface area contributed by atoms with E-state index >= 15 is 0 Å². The number of carbonyl (C=O) groups excluding carboxylic acids is 1. The van der Waals surface area contributed by atoms with Gasteiger partial charge in [0.25, 0.3) is 0 Å². The normalized spacial score (nSPS) is 12.9. The largest absolute Gasteiger partial charge is 0.444 e. The quantitative estimate of drug-likeness (QED) is 0.402. The van der Waals surface area contributed by atoms with E-state index in [1.165, 1.54) is 11.8 Å². The summed E-state index contributed by atoms with van der Waals surface area (Å²) in [7, 11) is 0. The maximum Gasteiger partial charge on any atom is 0.407 e. The molecule has 9 nitrogen and oxygen atoms in total. The summed E-state index contributed by atoms with van der Waals surface area (Å²) in [5.74, 6) is 0.524. The first-order valence-electron chi connectivity index (χ1n) is 7.88. The van der Waals surface area contributed by atoms with Crippen molar-refractivity contribution >= 4 is 34.7 Å². The summed E-state index contributed by atoms with van der Waals surface area (Å²) < 4.78 is 6.88. The number of ether oxygens (including phenoxy) is 1. The molecule has 0 bridgehead atoms. The SMILES string of the molecule is CSc1nc(NC(C)O)c2cnn(CCNC(=O)OC(C)(C)C)c2n1. The summed E-state index contributed by atoms with van der Waals surface area (Å²) in [6.45, 7) is 7.83. The van der Waals surface area contributed by atoms with E-state index in [4.69, 9.17) is 4.74 Å². The van der Waals surface area contributed by atoms with Crippen molar-refractivity contribution in [3.8, 4) is 0 Å². The lowest BCUT2D eigenvalue weighted by molar-refractivity contribution is 0.0525. The molecule has 0 saturated heterocycles. The Morgan fingerprint density at radius 2 is 2.16 bits per heavy atom. The fraction of sp³-hybridized carbons (Fsp3) is 0.600. The monoisotopic (exact) mass is 368 g/mol. The summed E-state index contributed by atoms with van der Waals surface area (Å²) in [6, 6.07) is 0. The third-order valence-corrected chi connectivity index (χ3v) is 3.54. The first-order valence-corrected chi connectivity index (χ1v) is 9.11. The molecule has 3 N–H and O–H groups in total. The van der Waals surface area contributed by atoms with Gasteiger partial charge in [0, 0.05) is 6.54 Å². The maximum atomic E-state index is 11.7. The number of anilines is 1. The molecule has 0 aliphatic rings. The zero-order chi connectivity index (χ0) is 18.6. The molecular weight excluding hydrogens is 344 g/mol. The van der Waals surface area contributed by atoms with Crippen LogP contribution in [-0.2, 0) is 11.3 Å². The summed E-state index contributed by atoms with van der Waals surface area (Å²) in [5, 5.41) is 20.7. The van der Waals surface area contributed by atoms with Gasteiger partial charge in [-0.25, -0.2) is 19.4 Å². The van der Waals surface area contributed by atoms with E-state index in [0.29, 0.717) is 35.1 Å². The fourth-order valence-electron chi connectivity index (χ4n) is 2.08. The number of aromatic nitrogens is 4. The van der Waals surface area contributed by atoms with Crippen LogP contribution in [0.3, 0.4) is 0 Å². The van der Waals surface area contributed by atoms with Crippen LogP contribution in [0.1, 0.15) is 27.7 Å². The second-order valence-electron chi connectivity index (χ2n) is 6.41. The summed E-state index contributed by atoms with van der Waals surface area (Å²) >= 11 is 1.40. The second-order valence-corrected chi connectivity index (χ2v) is 7.19. The predicted molar refractivity (Wildman–Crippen MR) is 96.6 cm³/mol. The lowest BCUT2D eigenvalue weighted by Crippen LogP contribution is -2.34. The number of rotatable bonds is 6. The number of aliphatic hydroxyl groups is 1. The number of nitrogens with zero attached hydrogens (tertiary/aromatic N) is 4. The van der Waals surface area contributed by atoms with Crippen LogP contribution < -0.4 is 10.6 Å². The van der Waals surface area contributed by atoms with Gasteiger partial charge in [0.2, 0.25) is 0 Å². The van der Waals surface area contributed by atoms with Crippen LogP contribution in [0, 0.1) is 0 Å². The Morgan fingerprint density at radius 1 is 1.44 bits per heavy atom. The molecule has 1 atom stereocenters. The van der Waals surface area contributed by atoms with Crippen LogP contribution in [0.4, 0.5) is 10.6 Å². The average molecular weight is 368 g/mol. The molecule has 2 heterocycles. The van der Waals surface area contributed by atoms with E-state index in [9.17, 15) is 9.90 Å². The minimum Gasteiger partial charge on any atom is -0.444 e. The minimum atomic E-state index is -0.745. The molecule has 10 heteroatoms. The molecule has 0 aliphatic heterocycles. The van der Waals surface area contributed by atoms with Crippen LogP contribution >= 0.6 is 11.8 Å². The first kappa shape index (κ1) is 19.3. The lowest BCUT2D eigenvalue weighted by atomic mass is 10.2. The molecule has 138 valence electrons. The number of carbonyl (C=O) groups is 1. The standard InChI is InChI=1S/C15H24N6O3S/c1-9(22)18-11-10-8-17-21(12(10)20-13(19-11)25-5)7-6-16-14(23)24-15(2,3)4/h8-9,22H,6-7H2,1-5H3,(H,16,23)(H,18,19,20). The van der Waals surface area contributed by atoms with E-state index in [2.05, 4.69) is 25.7 Å². The Morgan fingerprint density at radius 3 is 2.76 bits per heavy atom. The zero-order valence-corrected chi connectivity index (χ0v) is 15.8. The van der Waals surface area contributed by atoms with Crippen molar-refractivity contribution in [1.82, 2.24) is 25.1 Å². The highest BCUT2D eigenvalue weighted by Gasteiger charge is 2.17. The van der Waals surface area contributed by atoms with Crippen LogP contribution in [0.5, 0.6) is 0 Å². The topological polar surface area (TPSA) is 114 Å². The van der Waals surface area contributed by atoms with Gasteiger partial charge in [-0.1, -0.05) is 11.8 Å². The van der Waals surface area contributed by atoms with Gasteiger partial charge in [-0.05, 0) is 34.0 Å². The summed E-state index contributed by atoms with van der Waals surface area (Å²) in [6.07, 6.45) is 2.29. The van der Waals surface area contributed by atoms with Gasteiger partial charge in [-0.2, -0.15) is 5.10 Å². The number of thioether (sulfide) groups is 1. The van der Waals surface area contributed by atoms with E-state index in [1.807, 2.05) is 27.0 Å². The summed E-state index contributed by atoms with van der Waals surface area (Å²) in [4.78, 5) is 20.5.